The first-order valence-electron chi connectivity index (χ1n) is 10.4. The summed E-state index contributed by atoms with van der Waals surface area (Å²) >= 11 is 0. The zero-order valence-electron chi connectivity index (χ0n) is 18.1. The molecule has 2 amide bonds. The van der Waals surface area contributed by atoms with Crippen molar-refractivity contribution in [2.75, 3.05) is 17.7 Å². The topological polar surface area (TPSA) is 150 Å². The summed E-state index contributed by atoms with van der Waals surface area (Å²) < 4.78 is 7.11. The van der Waals surface area contributed by atoms with Gasteiger partial charge in [0, 0.05) is 35.6 Å². The van der Waals surface area contributed by atoms with Gasteiger partial charge in [0.15, 0.2) is 19.4 Å². The summed E-state index contributed by atoms with van der Waals surface area (Å²) in [5.41, 5.74) is 2.56. The van der Waals surface area contributed by atoms with Crippen LogP contribution in [0.5, 0.6) is 5.75 Å². The molecular formula is C21H23BN6O5. The van der Waals surface area contributed by atoms with Crippen molar-refractivity contribution in [1.29, 1.82) is 0 Å². The molecule has 0 bridgehead atoms. The monoisotopic (exact) mass is 450 g/mol. The lowest BCUT2D eigenvalue weighted by Gasteiger charge is -2.21. The fourth-order valence-electron chi connectivity index (χ4n) is 3.51. The average Bonchev–Trinajstić information content (AvgIpc) is 3.52. The molecule has 0 atom stereocenters. The van der Waals surface area contributed by atoms with Crippen LogP contribution < -0.4 is 20.7 Å². The van der Waals surface area contributed by atoms with Crippen molar-refractivity contribution in [2.45, 2.75) is 32.0 Å². The Hall–Kier alpha value is -3.64. The van der Waals surface area contributed by atoms with Crippen LogP contribution in [0.4, 0.5) is 17.2 Å². The summed E-state index contributed by atoms with van der Waals surface area (Å²) in [7, 11) is 6.65. The molecule has 4 rings (SSSR count). The van der Waals surface area contributed by atoms with E-state index in [0.29, 0.717) is 17.9 Å². The standard InChI is InChI=1S/C21H23BN6O5/c1-3-12-14(6-7-28-18(12)16(33-2)10-24-28)25-15-8-17(26-19(29)11-4-5-11)23-9-13(15)20(30)27-21(22,31)32/h6-11,31-32H,3-5H2,1-2H3,(H,27,30)(H2,23,25,26,29). The number of aliphatic hydroxyl groups is 2. The van der Waals surface area contributed by atoms with Crippen LogP contribution in [0.25, 0.3) is 5.52 Å². The molecule has 0 spiro atoms. The number of ether oxygens (including phenoxy) is 1. The van der Waals surface area contributed by atoms with E-state index in [0.717, 1.165) is 23.9 Å². The van der Waals surface area contributed by atoms with Crippen LogP contribution in [-0.4, -0.2) is 57.4 Å². The number of hydrogen-bond donors (Lipinski definition) is 5. The van der Waals surface area contributed by atoms with Crippen LogP contribution in [0.15, 0.2) is 30.7 Å². The molecule has 1 saturated carbocycles. The number of pyridine rings is 2. The van der Waals surface area contributed by atoms with Gasteiger partial charge in [0.05, 0.1) is 24.6 Å². The van der Waals surface area contributed by atoms with E-state index in [1.807, 2.05) is 12.2 Å². The molecule has 33 heavy (non-hydrogen) atoms. The summed E-state index contributed by atoms with van der Waals surface area (Å²) in [4.78, 5) is 28.9. The molecule has 1 aliphatic carbocycles. The minimum atomic E-state index is -2.91. The van der Waals surface area contributed by atoms with E-state index < -0.39 is 11.7 Å². The molecule has 0 unspecified atom stereocenters. The fraction of sp³-hybridized carbons (Fsp3) is 0.333. The number of aryl methyl sites for hydroxylation is 1. The van der Waals surface area contributed by atoms with Gasteiger partial charge in [-0.05, 0) is 25.3 Å². The molecule has 12 heteroatoms. The molecule has 170 valence electrons. The number of methoxy groups -OCH3 is 1. The number of carbonyl (C=O) groups excluding carboxylic acids is 2. The van der Waals surface area contributed by atoms with E-state index in [2.05, 4.69) is 20.7 Å². The number of fused-ring (bicyclic) bond motifs is 1. The molecule has 5 N–H and O–H groups in total. The number of nitrogens with one attached hydrogen (secondary N) is 3. The third kappa shape index (κ3) is 4.91. The van der Waals surface area contributed by atoms with Crippen molar-refractivity contribution in [1.82, 2.24) is 19.9 Å². The van der Waals surface area contributed by atoms with Crippen molar-refractivity contribution < 1.29 is 24.5 Å². The second-order valence-corrected chi connectivity index (χ2v) is 7.75. The van der Waals surface area contributed by atoms with Gasteiger partial charge in [0.2, 0.25) is 5.91 Å². The lowest BCUT2D eigenvalue weighted by molar-refractivity contribution is -0.117. The van der Waals surface area contributed by atoms with Crippen LogP contribution in [0.1, 0.15) is 35.7 Å². The van der Waals surface area contributed by atoms with Gasteiger partial charge in [0.25, 0.3) is 5.91 Å². The predicted octanol–water partition coefficient (Wildman–Crippen LogP) is 0.887. The largest absolute Gasteiger partial charge is 0.493 e. The van der Waals surface area contributed by atoms with Crippen molar-refractivity contribution in [3.05, 3.63) is 41.9 Å². The van der Waals surface area contributed by atoms with Crippen molar-refractivity contribution in [3.8, 4) is 5.75 Å². The highest BCUT2D eigenvalue weighted by Crippen LogP contribution is 2.33. The maximum Gasteiger partial charge on any atom is 0.258 e. The predicted molar refractivity (Wildman–Crippen MR) is 120 cm³/mol. The van der Waals surface area contributed by atoms with Crippen molar-refractivity contribution in [3.63, 3.8) is 0 Å². The van der Waals surface area contributed by atoms with E-state index in [4.69, 9.17) is 12.6 Å². The van der Waals surface area contributed by atoms with Crippen LogP contribution >= 0.6 is 0 Å². The second-order valence-electron chi connectivity index (χ2n) is 7.75. The lowest BCUT2D eigenvalue weighted by atomic mass is 10.0. The van der Waals surface area contributed by atoms with Crippen LogP contribution in [0.3, 0.4) is 0 Å². The molecular weight excluding hydrogens is 427 g/mol. The molecule has 0 aromatic carbocycles. The maximum absolute atomic E-state index is 12.6. The molecule has 3 aromatic heterocycles. The summed E-state index contributed by atoms with van der Waals surface area (Å²) in [5.74, 6) is -3.12. The summed E-state index contributed by atoms with van der Waals surface area (Å²) in [6, 6.07) is 3.29. The normalized spacial score (nSPS) is 13.6. The maximum atomic E-state index is 12.6. The quantitative estimate of drug-likeness (QED) is 0.251. The van der Waals surface area contributed by atoms with Gasteiger partial charge in [-0.2, -0.15) is 5.10 Å². The molecule has 1 aliphatic rings. The Labute approximate surface area is 190 Å². The highest BCUT2D eigenvalue weighted by molar-refractivity contribution is 6.15. The number of carbonyl (C=O) groups is 2. The Morgan fingerprint density at radius 2 is 2.06 bits per heavy atom. The number of anilines is 3. The number of aromatic nitrogens is 3. The van der Waals surface area contributed by atoms with Gasteiger partial charge in [-0.1, -0.05) is 6.92 Å². The number of amides is 2. The Kier molecular flexibility index (Phi) is 5.96. The summed E-state index contributed by atoms with van der Waals surface area (Å²) in [6.45, 7) is 1.97. The molecule has 0 aliphatic heterocycles. The Balaban J connectivity index is 1.75. The average molecular weight is 450 g/mol. The van der Waals surface area contributed by atoms with E-state index >= 15 is 0 Å². The smallest absolute Gasteiger partial charge is 0.258 e. The lowest BCUT2D eigenvalue weighted by Crippen LogP contribution is -2.49. The Morgan fingerprint density at radius 1 is 1.30 bits per heavy atom. The highest BCUT2D eigenvalue weighted by Gasteiger charge is 2.30. The van der Waals surface area contributed by atoms with Crippen LogP contribution in [0.2, 0.25) is 0 Å². The van der Waals surface area contributed by atoms with Crippen molar-refractivity contribution >= 4 is 42.4 Å². The Morgan fingerprint density at radius 3 is 2.70 bits per heavy atom. The minimum Gasteiger partial charge on any atom is -0.493 e. The third-order valence-corrected chi connectivity index (χ3v) is 5.24. The van der Waals surface area contributed by atoms with E-state index in [1.54, 1.807) is 30.1 Å². The first-order chi connectivity index (χ1) is 15.7. The fourth-order valence-corrected chi connectivity index (χ4v) is 3.51. The Bertz CT molecular complexity index is 1220. The van der Waals surface area contributed by atoms with Crippen LogP contribution in [-0.2, 0) is 11.2 Å². The zero-order valence-corrected chi connectivity index (χ0v) is 18.1. The minimum absolute atomic E-state index is 0.0141. The second kappa shape index (κ2) is 8.72. The summed E-state index contributed by atoms with van der Waals surface area (Å²) in [6.07, 6.45) is 6.84. The zero-order chi connectivity index (χ0) is 23.8. The highest BCUT2D eigenvalue weighted by atomic mass is 16.5. The van der Waals surface area contributed by atoms with Crippen LogP contribution in [0, 0.1) is 5.92 Å². The molecule has 11 nitrogen and oxygen atoms in total. The van der Waals surface area contributed by atoms with E-state index in [-0.39, 0.29) is 28.9 Å². The van der Waals surface area contributed by atoms with E-state index in [9.17, 15) is 19.8 Å². The van der Waals surface area contributed by atoms with Gasteiger partial charge < -0.3 is 30.9 Å². The molecule has 3 aromatic rings. The number of rotatable bonds is 8. The SMILES string of the molecule is [B]C(O)(O)NC(=O)c1cnc(NC(=O)C2CC2)cc1Nc1ccn2ncc(OC)c2c1CC. The molecule has 1 fully saturated rings. The number of hydrogen-bond acceptors (Lipinski definition) is 8. The van der Waals surface area contributed by atoms with Gasteiger partial charge in [-0.15, -0.1) is 0 Å². The molecule has 3 heterocycles. The third-order valence-electron chi connectivity index (χ3n) is 5.24. The van der Waals surface area contributed by atoms with Gasteiger partial charge in [-0.25, -0.2) is 9.50 Å². The van der Waals surface area contributed by atoms with Gasteiger partial charge in [0.1, 0.15) is 11.3 Å². The molecule has 2 radical (unpaired) electrons. The summed E-state index contributed by atoms with van der Waals surface area (Å²) in [5, 5.41) is 30.9. The molecule has 0 saturated heterocycles. The van der Waals surface area contributed by atoms with Gasteiger partial charge in [-0.3, -0.25) is 9.59 Å². The first-order valence-corrected chi connectivity index (χ1v) is 10.4. The first kappa shape index (κ1) is 22.6. The van der Waals surface area contributed by atoms with E-state index in [1.165, 1.54) is 12.3 Å². The number of nitrogens with zero attached hydrogens (tertiary/aromatic N) is 3. The van der Waals surface area contributed by atoms with Crippen molar-refractivity contribution in [2.24, 2.45) is 5.92 Å². The van der Waals surface area contributed by atoms with Gasteiger partial charge >= 0.3 is 0 Å².